The van der Waals surface area contributed by atoms with E-state index in [-0.39, 0.29) is 36.2 Å². The predicted octanol–water partition coefficient (Wildman–Crippen LogP) is 0.694. The maximum absolute atomic E-state index is 9.59. The molecule has 23 heavy (non-hydrogen) atoms. The van der Waals surface area contributed by atoms with Crippen molar-refractivity contribution in [3.05, 3.63) is 6.33 Å². The Hall–Kier alpha value is -1.93. The number of hydrogen-bond acceptors (Lipinski definition) is 7. The second-order valence-corrected chi connectivity index (χ2v) is 7.08. The highest BCUT2D eigenvalue weighted by molar-refractivity contribution is 5.84. The summed E-state index contributed by atoms with van der Waals surface area (Å²) in [5.41, 5.74) is 7.17. The van der Waals surface area contributed by atoms with Crippen LogP contribution in [-0.2, 0) is 4.74 Å². The van der Waals surface area contributed by atoms with Gasteiger partial charge in [0.1, 0.15) is 6.10 Å². The van der Waals surface area contributed by atoms with Crippen LogP contribution in [0.4, 0.5) is 11.8 Å². The molecule has 3 heterocycles. The van der Waals surface area contributed by atoms with Gasteiger partial charge in [-0.05, 0) is 26.2 Å². The molecule has 122 valence electrons. The van der Waals surface area contributed by atoms with Crippen molar-refractivity contribution >= 4 is 22.9 Å². The van der Waals surface area contributed by atoms with Crippen LogP contribution in [0.3, 0.4) is 0 Å². The molecule has 0 amide bonds. The molecule has 0 bridgehead atoms. The SMILES string of the molecule is C[C@]12O[C@H]1[C@H](n1cnc3c(NC4CC4)nc(N)nc31)C[C@@H]2CO. The van der Waals surface area contributed by atoms with E-state index in [9.17, 15) is 5.11 Å². The third kappa shape index (κ3) is 1.88. The normalized spacial score (nSPS) is 35.5. The average Bonchev–Trinajstić information content (AvgIpc) is 3.39. The summed E-state index contributed by atoms with van der Waals surface area (Å²) in [4.78, 5) is 13.2. The number of nitrogens with zero attached hydrogens (tertiary/aromatic N) is 4. The van der Waals surface area contributed by atoms with Gasteiger partial charge in [0, 0.05) is 18.6 Å². The smallest absolute Gasteiger partial charge is 0.224 e. The summed E-state index contributed by atoms with van der Waals surface area (Å²) in [5.74, 6) is 1.11. The highest BCUT2D eigenvalue weighted by Gasteiger charge is 2.66. The lowest BCUT2D eigenvalue weighted by atomic mass is 9.98. The number of aliphatic hydroxyl groups excluding tert-OH is 1. The fourth-order valence-corrected chi connectivity index (χ4v) is 3.89. The Bertz CT molecular complexity index is 788. The van der Waals surface area contributed by atoms with Crippen molar-refractivity contribution in [1.29, 1.82) is 0 Å². The number of anilines is 2. The molecule has 0 spiro atoms. The minimum absolute atomic E-state index is 0.105. The number of fused-ring (bicyclic) bond motifs is 2. The number of imidazole rings is 1. The molecule has 4 atom stereocenters. The van der Waals surface area contributed by atoms with Crippen molar-refractivity contribution in [1.82, 2.24) is 19.5 Å². The van der Waals surface area contributed by atoms with E-state index in [1.165, 1.54) is 0 Å². The molecule has 1 saturated heterocycles. The minimum Gasteiger partial charge on any atom is -0.396 e. The summed E-state index contributed by atoms with van der Waals surface area (Å²) >= 11 is 0. The van der Waals surface area contributed by atoms with Gasteiger partial charge in [0.05, 0.1) is 18.0 Å². The lowest BCUT2D eigenvalue weighted by Crippen LogP contribution is -2.20. The summed E-state index contributed by atoms with van der Waals surface area (Å²) in [5, 5.41) is 13.0. The first-order valence-electron chi connectivity index (χ1n) is 8.15. The van der Waals surface area contributed by atoms with Gasteiger partial charge in [0.2, 0.25) is 5.95 Å². The number of ether oxygens (including phenoxy) is 1. The predicted molar refractivity (Wildman–Crippen MR) is 83.9 cm³/mol. The highest BCUT2D eigenvalue weighted by atomic mass is 16.6. The number of rotatable bonds is 4. The van der Waals surface area contributed by atoms with Crippen molar-refractivity contribution in [2.24, 2.45) is 5.92 Å². The molecule has 3 aliphatic rings. The molecule has 0 unspecified atom stereocenters. The molecule has 0 radical (unpaired) electrons. The van der Waals surface area contributed by atoms with E-state index >= 15 is 0 Å². The van der Waals surface area contributed by atoms with Crippen molar-refractivity contribution in [3.8, 4) is 0 Å². The van der Waals surface area contributed by atoms with Gasteiger partial charge >= 0.3 is 0 Å². The second-order valence-electron chi connectivity index (χ2n) is 7.08. The van der Waals surface area contributed by atoms with E-state index in [1.807, 2.05) is 4.57 Å². The molecule has 2 aliphatic carbocycles. The second kappa shape index (κ2) is 4.33. The van der Waals surface area contributed by atoms with Crippen molar-refractivity contribution in [3.63, 3.8) is 0 Å². The van der Waals surface area contributed by atoms with E-state index in [4.69, 9.17) is 10.5 Å². The van der Waals surface area contributed by atoms with Gasteiger partial charge in [-0.3, -0.25) is 0 Å². The molecule has 4 N–H and O–H groups in total. The Morgan fingerprint density at radius 3 is 3.00 bits per heavy atom. The van der Waals surface area contributed by atoms with Crippen LogP contribution in [0.15, 0.2) is 6.33 Å². The molecule has 2 saturated carbocycles. The zero-order valence-corrected chi connectivity index (χ0v) is 12.9. The standard InChI is InChI=1S/C15H20N6O2/c1-15-7(5-22)4-9(11(15)23-15)21-6-17-10-12(18-8-2-3-8)19-14(16)20-13(10)21/h6-9,11,22H,2-5H2,1H3,(H3,16,18,19,20)/t7-,9-,11+,15-/m1/s1. The molecular weight excluding hydrogens is 296 g/mol. The summed E-state index contributed by atoms with van der Waals surface area (Å²) in [7, 11) is 0. The number of aromatic nitrogens is 4. The van der Waals surface area contributed by atoms with Crippen LogP contribution in [0.2, 0.25) is 0 Å². The number of nitrogens with one attached hydrogen (secondary N) is 1. The fraction of sp³-hybridized carbons (Fsp3) is 0.667. The lowest BCUT2D eigenvalue weighted by Gasteiger charge is -2.17. The van der Waals surface area contributed by atoms with Gasteiger partial charge in [-0.1, -0.05) is 0 Å². The number of aliphatic hydroxyl groups is 1. The molecular formula is C15H20N6O2. The molecule has 2 aromatic rings. The van der Waals surface area contributed by atoms with E-state index < -0.39 is 0 Å². The molecule has 5 rings (SSSR count). The summed E-state index contributed by atoms with van der Waals surface area (Å²) in [6.45, 7) is 2.21. The van der Waals surface area contributed by atoms with E-state index in [1.54, 1.807) is 6.33 Å². The van der Waals surface area contributed by atoms with Gasteiger partial charge in [0.25, 0.3) is 0 Å². The maximum atomic E-state index is 9.59. The van der Waals surface area contributed by atoms with Crippen LogP contribution in [0, 0.1) is 5.92 Å². The Kier molecular flexibility index (Phi) is 2.54. The largest absolute Gasteiger partial charge is 0.396 e. The van der Waals surface area contributed by atoms with Crippen LogP contribution in [0.1, 0.15) is 32.2 Å². The maximum Gasteiger partial charge on any atom is 0.224 e. The molecule has 0 aromatic carbocycles. The average molecular weight is 316 g/mol. The first-order valence-corrected chi connectivity index (χ1v) is 8.15. The van der Waals surface area contributed by atoms with E-state index in [0.29, 0.717) is 11.9 Å². The van der Waals surface area contributed by atoms with Crippen LogP contribution in [-0.4, -0.2) is 49.0 Å². The summed E-state index contributed by atoms with van der Waals surface area (Å²) < 4.78 is 7.90. The quantitative estimate of drug-likeness (QED) is 0.711. The Morgan fingerprint density at radius 1 is 1.48 bits per heavy atom. The van der Waals surface area contributed by atoms with Gasteiger partial charge in [-0.2, -0.15) is 9.97 Å². The third-order valence-corrected chi connectivity index (χ3v) is 5.51. The van der Waals surface area contributed by atoms with Crippen LogP contribution in [0.25, 0.3) is 11.2 Å². The van der Waals surface area contributed by atoms with Crippen LogP contribution >= 0.6 is 0 Å². The molecule has 1 aliphatic heterocycles. The van der Waals surface area contributed by atoms with Crippen LogP contribution in [0.5, 0.6) is 0 Å². The van der Waals surface area contributed by atoms with Crippen molar-refractivity contribution in [2.75, 3.05) is 17.7 Å². The van der Waals surface area contributed by atoms with E-state index in [0.717, 1.165) is 30.4 Å². The number of nitrogen functional groups attached to an aromatic ring is 1. The number of hydrogen-bond donors (Lipinski definition) is 3. The van der Waals surface area contributed by atoms with E-state index in [2.05, 4.69) is 27.2 Å². The van der Waals surface area contributed by atoms with Gasteiger partial charge in [-0.15, -0.1) is 0 Å². The van der Waals surface area contributed by atoms with Gasteiger partial charge in [0.15, 0.2) is 17.0 Å². The molecule has 8 heteroatoms. The monoisotopic (exact) mass is 316 g/mol. The minimum atomic E-state index is -0.219. The van der Waals surface area contributed by atoms with Crippen molar-refractivity contribution < 1.29 is 9.84 Å². The fourth-order valence-electron chi connectivity index (χ4n) is 3.89. The Balaban J connectivity index is 1.56. The van der Waals surface area contributed by atoms with Gasteiger partial charge < -0.3 is 25.5 Å². The number of epoxide rings is 1. The topological polar surface area (TPSA) is 114 Å². The zero-order chi connectivity index (χ0) is 15.8. The highest BCUT2D eigenvalue weighted by Crippen LogP contribution is 2.58. The molecule has 8 nitrogen and oxygen atoms in total. The van der Waals surface area contributed by atoms with Gasteiger partial charge in [-0.25, -0.2) is 4.98 Å². The molecule has 3 fully saturated rings. The first kappa shape index (κ1) is 13.5. The zero-order valence-electron chi connectivity index (χ0n) is 12.9. The number of nitrogens with two attached hydrogens (primary N) is 1. The first-order chi connectivity index (χ1) is 11.1. The Labute approximate surface area is 133 Å². The van der Waals surface area contributed by atoms with Crippen molar-refractivity contribution in [2.45, 2.75) is 50.0 Å². The lowest BCUT2D eigenvalue weighted by molar-refractivity contribution is 0.115. The summed E-state index contributed by atoms with van der Waals surface area (Å²) in [6.07, 6.45) is 5.07. The summed E-state index contributed by atoms with van der Waals surface area (Å²) in [6, 6.07) is 0.600. The molecule has 2 aromatic heterocycles. The van der Waals surface area contributed by atoms with Crippen LogP contribution < -0.4 is 11.1 Å². The third-order valence-electron chi connectivity index (χ3n) is 5.51. The Morgan fingerprint density at radius 2 is 2.30 bits per heavy atom.